The van der Waals surface area contributed by atoms with Gasteiger partial charge in [-0.25, -0.2) is 0 Å². The summed E-state index contributed by atoms with van der Waals surface area (Å²) in [5.74, 6) is 0.696. The van der Waals surface area contributed by atoms with Gasteiger partial charge in [-0.1, -0.05) is 37.3 Å². The third-order valence-electron chi connectivity index (χ3n) is 3.98. The van der Waals surface area contributed by atoms with Crippen LogP contribution in [0.15, 0.2) is 30.3 Å². The molecule has 2 rings (SSSR count). The van der Waals surface area contributed by atoms with Crippen LogP contribution in [0.2, 0.25) is 0 Å². The van der Waals surface area contributed by atoms with Crippen LogP contribution in [0.3, 0.4) is 0 Å². The van der Waals surface area contributed by atoms with Gasteiger partial charge in [0.05, 0.1) is 5.92 Å². The summed E-state index contributed by atoms with van der Waals surface area (Å²) in [6, 6.07) is 10.9. The molecule has 0 aromatic heterocycles. The Labute approximate surface area is 115 Å². The minimum Gasteiger partial charge on any atom is -0.355 e. The molecule has 3 nitrogen and oxygen atoms in total. The van der Waals surface area contributed by atoms with E-state index in [1.165, 1.54) is 5.56 Å². The lowest BCUT2D eigenvalue weighted by Gasteiger charge is -2.27. The highest BCUT2D eigenvalue weighted by molar-refractivity contribution is 5.79. The lowest BCUT2D eigenvalue weighted by molar-refractivity contribution is -0.125. The van der Waals surface area contributed by atoms with E-state index in [2.05, 4.69) is 36.6 Å². The molecule has 0 saturated carbocycles. The van der Waals surface area contributed by atoms with Crippen LogP contribution in [0.4, 0.5) is 0 Å². The van der Waals surface area contributed by atoms with Crippen LogP contribution in [0.1, 0.15) is 38.2 Å². The molecule has 0 bridgehead atoms. The normalized spacial score (nSPS) is 24.7. The van der Waals surface area contributed by atoms with E-state index in [1.807, 2.05) is 18.2 Å². The molecular formula is C16H24N2O. The fraction of sp³-hybridized carbons (Fsp3) is 0.562. The van der Waals surface area contributed by atoms with Gasteiger partial charge in [0.25, 0.3) is 0 Å². The average molecular weight is 260 g/mol. The minimum atomic E-state index is 0.138. The van der Waals surface area contributed by atoms with Crippen molar-refractivity contribution < 1.29 is 4.79 Å². The van der Waals surface area contributed by atoms with Crippen molar-refractivity contribution >= 4 is 5.91 Å². The maximum Gasteiger partial charge on any atom is 0.224 e. The Kier molecular flexibility index (Phi) is 4.97. The number of amides is 1. The van der Waals surface area contributed by atoms with Crippen LogP contribution >= 0.6 is 0 Å². The fourth-order valence-electron chi connectivity index (χ4n) is 2.52. The molecule has 3 heteroatoms. The number of carbonyl (C=O) groups excluding carboxylic acids is 1. The van der Waals surface area contributed by atoms with Crippen LogP contribution in [-0.4, -0.2) is 25.0 Å². The van der Waals surface area contributed by atoms with Gasteiger partial charge in [-0.2, -0.15) is 0 Å². The van der Waals surface area contributed by atoms with Crippen molar-refractivity contribution in [1.29, 1.82) is 0 Å². The van der Waals surface area contributed by atoms with Crippen LogP contribution < -0.4 is 10.6 Å². The Balaban J connectivity index is 1.77. The number of piperidine rings is 1. The molecule has 1 aliphatic rings. The maximum atomic E-state index is 12.1. The highest BCUT2D eigenvalue weighted by atomic mass is 16.1. The molecule has 104 valence electrons. The molecule has 3 unspecified atom stereocenters. The first-order valence-electron chi connectivity index (χ1n) is 7.23. The van der Waals surface area contributed by atoms with E-state index in [9.17, 15) is 4.79 Å². The number of hydrogen-bond donors (Lipinski definition) is 2. The van der Waals surface area contributed by atoms with Crippen LogP contribution in [-0.2, 0) is 4.79 Å². The van der Waals surface area contributed by atoms with E-state index < -0.39 is 0 Å². The summed E-state index contributed by atoms with van der Waals surface area (Å²) in [5, 5.41) is 6.46. The second kappa shape index (κ2) is 6.71. The molecule has 1 aliphatic heterocycles. The van der Waals surface area contributed by atoms with E-state index in [0.717, 1.165) is 25.9 Å². The summed E-state index contributed by atoms with van der Waals surface area (Å²) in [6.45, 7) is 5.85. The van der Waals surface area contributed by atoms with E-state index in [-0.39, 0.29) is 11.8 Å². The van der Waals surface area contributed by atoms with Crippen molar-refractivity contribution in [2.24, 2.45) is 5.92 Å². The molecule has 1 aromatic rings. The topological polar surface area (TPSA) is 41.1 Å². The average Bonchev–Trinajstić information content (AvgIpc) is 2.46. The molecule has 1 heterocycles. The van der Waals surface area contributed by atoms with Crippen LogP contribution in [0.5, 0.6) is 0 Å². The molecule has 0 spiro atoms. The standard InChI is InChI=1S/C16H24N2O/c1-12(14-6-4-3-5-7-14)10-18-16(19)15-9-8-13(2)17-11-15/h3-7,12-13,15,17H,8-11H2,1-2H3,(H,18,19). The van der Waals surface area contributed by atoms with E-state index in [1.54, 1.807) is 0 Å². The number of nitrogens with one attached hydrogen (secondary N) is 2. The molecule has 1 aromatic carbocycles. The molecule has 0 radical (unpaired) electrons. The molecule has 3 atom stereocenters. The third-order valence-corrected chi connectivity index (χ3v) is 3.98. The molecule has 1 fully saturated rings. The summed E-state index contributed by atoms with van der Waals surface area (Å²) >= 11 is 0. The van der Waals surface area contributed by atoms with E-state index in [4.69, 9.17) is 0 Å². The second-order valence-corrected chi connectivity index (χ2v) is 5.64. The van der Waals surface area contributed by atoms with Gasteiger partial charge in [0, 0.05) is 19.1 Å². The Morgan fingerprint density at radius 1 is 1.37 bits per heavy atom. The summed E-state index contributed by atoms with van der Waals surface area (Å²) in [5.41, 5.74) is 1.28. The molecule has 1 amide bonds. The van der Waals surface area contributed by atoms with Crippen LogP contribution in [0, 0.1) is 5.92 Å². The number of rotatable bonds is 4. The second-order valence-electron chi connectivity index (χ2n) is 5.64. The van der Waals surface area contributed by atoms with Gasteiger partial charge in [0.15, 0.2) is 0 Å². The smallest absolute Gasteiger partial charge is 0.224 e. The SMILES string of the molecule is CC1CCC(C(=O)NCC(C)c2ccccc2)CN1. The van der Waals surface area contributed by atoms with Gasteiger partial charge in [0.2, 0.25) is 5.91 Å². The van der Waals surface area contributed by atoms with Crippen molar-refractivity contribution in [1.82, 2.24) is 10.6 Å². The maximum absolute atomic E-state index is 12.1. The Morgan fingerprint density at radius 3 is 2.74 bits per heavy atom. The summed E-state index contributed by atoms with van der Waals surface area (Å²) in [4.78, 5) is 12.1. The van der Waals surface area contributed by atoms with Crippen molar-refractivity contribution in [3.8, 4) is 0 Å². The zero-order valence-corrected chi connectivity index (χ0v) is 11.9. The first-order chi connectivity index (χ1) is 9.16. The highest BCUT2D eigenvalue weighted by Crippen LogP contribution is 2.16. The number of hydrogen-bond acceptors (Lipinski definition) is 2. The monoisotopic (exact) mass is 260 g/mol. The van der Waals surface area contributed by atoms with Gasteiger partial charge in [-0.3, -0.25) is 4.79 Å². The molecule has 2 N–H and O–H groups in total. The van der Waals surface area contributed by atoms with Crippen molar-refractivity contribution in [2.45, 2.75) is 38.6 Å². The van der Waals surface area contributed by atoms with Gasteiger partial charge in [-0.05, 0) is 31.2 Å². The predicted molar refractivity (Wildman–Crippen MR) is 78.1 cm³/mol. The van der Waals surface area contributed by atoms with Crippen molar-refractivity contribution in [3.63, 3.8) is 0 Å². The Bertz CT molecular complexity index is 396. The fourth-order valence-corrected chi connectivity index (χ4v) is 2.52. The molecule has 1 saturated heterocycles. The van der Waals surface area contributed by atoms with Gasteiger partial charge >= 0.3 is 0 Å². The largest absolute Gasteiger partial charge is 0.355 e. The molecule has 0 aliphatic carbocycles. The van der Waals surface area contributed by atoms with Crippen molar-refractivity contribution in [3.05, 3.63) is 35.9 Å². The summed E-state index contributed by atoms with van der Waals surface area (Å²) < 4.78 is 0. The molecule has 19 heavy (non-hydrogen) atoms. The third kappa shape index (κ3) is 4.06. The Hall–Kier alpha value is -1.35. The zero-order chi connectivity index (χ0) is 13.7. The quantitative estimate of drug-likeness (QED) is 0.872. The van der Waals surface area contributed by atoms with Crippen molar-refractivity contribution in [2.75, 3.05) is 13.1 Å². The van der Waals surface area contributed by atoms with E-state index >= 15 is 0 Å². The lowest BCUT2D eigenvalue weighted by Crippen LogP contribution is -2.44. The summed E-state index contributed by atoms with van der Waals surface area (Å²) in [6.07, 6.45) is 2.09. The van der Waals surface area contributed by atoms with E-state index in [0.29, 0.717) is 12.0 Å². The zero-order valence-electron chi connectivity index (χ0n) is 11.9. The minimum absolute atomic E-state index is 0.138. The summed E-state index contributed by atoms with van der Waals surface area (Å²) in [7, 11) is 0. The number of carbonyl (C=O) groups is 1. The molecular weight excluding hydrogens is 236 g/mol. The van der Waals surface area contributed by atoms with Gasteiger partial charge in [0.1, 0.15) is 0 Å². The van der Waals surface area contributed by atoms with Crippen LogP contribution in [0.25, 0.3) is 0 Å². The number of benzene rings is 1. The first kappa shape index (κ1) is 14.1. The predicted octanol–water partition coefficient (Wildman–Crippen LogP) is 2.29. The first-order valence-corrected chi connectivity index (χ1v) is 7.23. The Morgan fingerprint density at radius 2 is 2.11 bits per heavy atom. The van der Waals surface area contributed by atoms with Gasteiger partial charge in [-0.15, -0.1) is 0 Å². The lowest BCUT2D eigenvalue weighted by atomic mass is 9.94. The highest BCUT2D eigenvalue weighted by Gasteiger charge is 2.23. The van der Waals surface area contributed by atoms with Gasteiger partial charge < -0.3 is 10.6 Å².